The van der Waals surface area contributed by atoms with Crippen LogP contribution in [0, 0.1) is 0 Å². The lowest BCUT2D eigenvalue weighted by molar-refractivity contribution is -0.0553. The molecule has 0 aromatic carbocycles. The summed E-state index contributed by atoms with van der Waals surface area (Å²) in [5.74, 6) is 0. The van der Waals surface area contributed by atoms with E-state index in [1.54, 1.807) is 0 Å². The van der Waals surface area contributed by atoms with E-state index in [9.17, 15) is 0 Å². The zero-order valence-corrected chi connectivity index (χ0v) is 10.9. The number of rotatable bonds is 6. The van der Waals surface area contributed by atoms with Crippen LogP contribution in [-0.2, 0) is 4.74 Å². The van der Waals surface area contributed by atoms with Gasteiger partial charge in [-0.05, 0) is 33.7 Å². The summed E-state index contributed by atoms with van der Waals surface area (Å²) in [6.07, 6.45) is 4.46. The first-order chi connectivity index (χ1) is 7.69. The summed E-state index contributed by atoms with van der Waals surface area (Å²) in [6.45, 7) is 11.2. The Balaban J connectivity index is 2.46. The molecule has 2 atom stereocenters. The number of nitrogens with one attached hydrogen (secondary N) is 1. The molecule has 0 spiro atoms. The van der Waals surface area contributed by atoms with Crippen molar-refractivity contribution in [2.45, 2.75) is 44.9 Å². The second-order valence-electron chi connectivity index (χ2n) is 4.76. The topological polar surface area (TPSA) is 24.5 Å². The Morgan fingerprint density at radius 1 is 1.56 bits per heavy atom. The maximum absolute atomic E-state index is 5.87. The Morgan fingerprint density at radius 3 is 2.88 bits per heavy atom. The van der Waals surface area contributed by atoms with Crippen molar-refractivity contribution in [2.24, 2.45) is 0 Å². The molecule has 1 aliphatic heterocycles. The Labute approximate surface area is 99.8 Å². The van der Waals surface area contributed by atoms with E-state index in [-0.39, 0.29) is 0 Å². The molecule has 1 saturated heterocycles. The number of ether oxygens (including phenoxy) is 1. The van der Waals surface area contributed by atoms with Crippen LogP contribution in [0.4, 0.5) is 0 Å². The zero-order valence-electron chi connectivity index (χ0n) is 10.9. The maximum Gasteiger partial charge on any atom is 0.0855 e. The second kappa shape index (κ2) is 7.05. The average Bonchev–Trinajstić information content (AvgIpc) is 2.30. The predicted octanol–water partition coefficient (Wildman–Crippen LogP) is 1.65. The lowest BCUT2D eigenvalue weighted by atomic mass is 10.0. The van der Waals surface area contributed by atoms with Gasteiger partial charge in [0.15, 0.2) is 0 Å². The standard InChI is InChI=1S/C13H26N2O/c1-5-6-7-12(14-4)13-10-15(11(2)3)8-9-16-13/h5,11-14H,1,6-10H2,2-4H3. The van der Waals surface area contributed by atoms with E-state index >= 15 is 0 Å². The van der Waals surface area contributed by atoms with Crippen molar-refractivity contribution in [3.63, 3.8) is 0 Å². The van der Waals surface area contributed by atoms with Crippen molar-refractivity contribution in [1.29, 1.82) is 0 Å². The Morgan fingerprint density at radius 2 is 2.31 bits per heavy atom. The average molecular weight is 226 g/mol. The van der Waals surface area contributed by atoms with Crippen LogP contribution in [0.2, 0.25) is 0 Å². The lowest BCUT2D eigenvalue weighted by Gasteiger charge is -2.38. The van der Waals surface area contributed by atoms with Gasteiger partial charge in [0.25, 0.3) is 0 Å². The van der Waals surface area contributed by atoms with E-state index in [0.29, 0.717) is 18.2 Å². The summed E-state index contributed by atoms with van der Waals surface area (Å²) in [4.78, 5) is 2.49. The molecule has 94 valence electrons. The van der Waals surface area contributed by atoms with E-state index in [1.165, 1.54) is 0 Å². The molecule has 0 aromatic heterocycles. The number of likely N-dealkylation sites (N-methyl/N-ethyl adjacent to an activating group) is 1. The number of nitrogens with zero attached hydrogens (tertiary/aromatic N) is 1. The van der Waals surface area contributed by atoms with Crippen molar-refractivity contribution in [2.75, 3.05) is 26.7 Å². The highest BCUT2D eigenvalue weighted by atomic mass is 16.5. The van der Waals surface area contributed by atoms with Gasteiger partial charge in [-0.25, -0.2) is 0 Å². The van der Waals surface area contributed by atoms with Crippen molar-refractivity contribution >= 4 is 0 Å². The largest absolute Gasteiger partial charge is 0.374 e. The van der Waals surface area contributed by atoms with Gasteiger partial charge in [-0.1, -0.05) is 6.08 Å². The fourth-order valence-electron chi connectivity index (χ4n) is 2.22. The first-order valence-electron chi connectivity index (χ1n) is 6.32. The normalized spacial score (nSPS) is 24.6. The molecule has 1 heterocycles. The summed E-state index contributed by atoms with van der Waals surface area (Å²) >= 11 is 0. The number of morpholine rings is 1. The molecule has 0 radical (unpaired) electrons. The van der Waals surface area contributed by atoms with E-state index in [1.807, 2.05) is 13.1 Å². The van der Waals surface area contributed by atoms with Gasteiger partial charge in [0.1, 0.15) is 0 Å². The van der Waals surface area contributed by atoms with Crippen molar-refractivity contribution < 1.29 is 4.74 Å². The van der Waals surface area contributed by atoms with Crippen LogP contribution in [0.3, 0.4) is 0 Å². The third-order valence-corrected chi connectivity index (χ3v) is 3.36. The molecular weight excluding hydrogens is 200 g/mol. The van der Waals surface area contributed by atoms with Crippen LogP contribution < -0.4 is 5.32 Å². The van der Waals surface area contributed by atoms with Crippen molar-refractivity contribution in [3.8, 4) is 0 Å². The van der Waals surface area contributed by atoms with Crippen molar-refractivity contribution in [1.82, 2.24) is 10.2 Å². The second-order valence-corrected chi connectivity index (χ2v) is 4.76. The molecule has 16 heavy (non-hydrogen) atoms. The van der Waals surface area contributed by atoms with Crippen LogP contribution in [-0.4, -0.2) is 49.8 Å². The van der Waals surface area contributed by atoms with Crippen LogP contribution >= 0.6 is 0 Å². The molecule has 1 rings (SSSR count). The van der Waals surface area contributed by atoms with Gasteiger partial charge < -0.3 is 10.1 Å². The van der Waals surface area contributed by atoms with E-state index in [2.05, 4.69) is 30.6 Å². The summed E-state index contributed by atoms with van der Waals surface area (Å²) in [5.41, 5.74) is 0. The van der Waals surface area contributed by atoms with Gasteiger partial charge in [-0.2, -0.15) is 0 Å². The van der Waals surface area contributed by atoms with Gasteiger partial charge >= 0.3 is 0 Å². The highest BCUT2D eigenvalue weighted by Gasteiger charge is 2.27. The molecule has 3 heteroatoms. The fraction of sp³-hybridized carbons (Fsp3) is 0.846. The van der Waals surface area contributed by atoms with Gasteiger partial charge in [0.05, 0.1) is 12.7 Å². The van der Waals surface area contributed by atoms with E-state index < -0.39 is 0 Å². The minimum atomic E-state index is 0.320. The molecular formula is C13H26N2O. The summed E-state index contributed by atoms with van der Waals surface area (Å²) < 4.78 is 5.87. The molecule has 0 amide bonds. The number of allylic oxidation sites excluding steroid dienone is 1. The quantitative estimate of drug-likeness (QED) is 0.697. The van der Waals surface area contributed by atoms with E-state index in [0.717, 1.165) is 32.5 Å². The number of hydrogen-bond donors (Lipinski definition) is 1. The third-order valence-electron chi connectivity index (χ3n) is 3.36. The molecule has 1 fully saturated rings. The molecule has 0 saturated carbocycles. The van der Waals surface area contributed by atoms with Crippen LogP contribution in [0.15, 0.2) is 12.7 Å². The van der Waals surface area contributed by atoms with Crippen LogP contribution in [0.5, 0.6) is 0 Å². The third kappa shape index (κ3) is 3.89. The highest BCUT2D eigenvalue weighted by molar-refractivity contribution is 4.85. The molecule has 0 aromatic rings. The monoisotopic (exact) mass is 226 g/mol. The van der Waals surface area contributed by atoms with E-state index in [4.69, 9.17) is 4.74 Å². The van der Waals surface area contributed by atoms with Crippen molar-refractivity contribution in [3.05, 3.63) is 12.7 Å². The van der Waals surface area contributed by atoms with Gasteiger partial charge in [0.2, 0.25) is 0 Å². The van der Waals surface area contributed by atoms with Crippen LogP contribution in [0.25, 0.3) is 0 Å². The van der Waals surface area contributed by atoms with Gasteiger partial charge in [-0.15, -0.1) is 6.58 Å². The first kappa shape index (κ1) is 13.7. The van der Waals surface area contributed by atoms with Gasteiger partial charge in [-0.3, -0.25) is 4.90 Å². The Bertz CT molecular complexity index is 206. The first-order valence-corrected chi connectivity index (χ1v) is 6.32. The lowest BCUT2D eigenvalue weighted by Crippen LogP contribution is -2.53. The van der Waals surface area contributed by atoms with Gasteiger partial charge in [0, 0.05) is 25.2 Å². The molecule has 0 bridgehead atoms. The number of hydrogen-bond acceptors (Lipinski definition) is 3. The summed E-state index contributed by atoms with van der Waals surface area (Å²) in [6, 6.07) is 1.06. The minimum Gasteiger partial charge on any atom is -0.374 e. The molecule has 2 unspecified atom stereocenters. The SMILES string of the molecule is C=CCCC(NC)C1CN(C(C)C)CCO1. The van der Waals surface area contributed by atoms with Crippen LogP contribution in [0.1, 0.15) is 26.7 Å². The summed E-state index contributed by atoms with van der Waals surface area (Å²) in [7, 11) is 2.02. The fourth-order valence-corrected chi connectivity index (χ4v) is 2.22. The minimum absolute atomic E-state index is 0.320. The zero-order chi connectivity index (χ0) is 12.0. The highest BCUT2D eigenvalue weighted by Crippen LogP contribution is 2.14. The molecule has 3 nitrogen and oxygen atoms in total. The predicted molar refractivity (Wildman–Crippen MR) is 68.7 cm³/mol. The smallest absolute Gasteiger partial charge is 0.0855 e. The molecule has 1 N–H and O–H groups in total. The Hall–Kier alpha value is -0.380. The summed E-state index contributed by atoms with van der Waals surface area (Å²) in [5, 5.41) is 3.37. The molecule has 1 aliphatic rings. The maximum atomic E-state index is 5.87. The Kier molecular flexibility index (Phi) is 6.03. The molecule has 0 aliphatic carbocycles.